The number of aromatic nitrogens is 2. The molecule has 1 N–H and O–H groups in total. The molecule has 1 heterocycles. The maximum absolute atomic E-state index is 11.7. The minimum Gasteiger partial charge on any atom is -0.310 e. The van der Waals surface area contributed by atoms with Crippen molar-refractivity contribution in [2.75, 3.05) is 7.05 Å². The number of hydrogen-bond donors (Lipinski definition) is 1. The van der Waals surface area contributed by atoms with E-state index in [0.717, 1.165) is 13.0 Å². The van der Waals surface area contributed by atoms with Crippen LogP contribution in [0.25, 0.3) is 0 Å². The molecular weight excluding hydrogens is 178 g/mol. The Bertz CT molecular complexity index is 306. The summed E-state index contributed by atoms with van der Waals surface area (Å²) in [5, 5.41) is 7.03. The molecule has 1 aromatic heterocycles. The third-order valence-electron chi connectivity index (χ3n) is 2.20. The Morgan fingerprint density at radius 3 is 3.00 bits per heavy atom. The van der Waals surface area contributed by atoms with E-state index in [9.17, 15) is 4.79 Å². The molecule has 1 unspecified atom stereocenters. The molecule has 4 nitrogen and oxygen atoms in total. The van der Waals surface area contributed by atoms with Gasteiger partial charge in [0.1, 0.15) is 0 Å². The van der Waals surface area contributed by atoms with Crippen LogP contribution in [0.5, 0.6) is 0 Å². The predicted octanol–water partition coefficient (Wildman–Crippen LogP) is 1.08. The number of nitrogens with one attached hydrogen (secondary N) is 1. The smallest absolute Gasteiger partial charge is 0.182 e. The zero-order valence-corrected chi connectivity index (χ0v) is 8.95. The maximum atomic E-state index is 11.7. The van der Waals surface area contributed by atoms with Crippen molar-refractivity contribution in [3.05, 3.63) is 18.0 Å². The van der Waals surface area contributed by atoms with Crippen molar-refractivity contribution in [1.82, 2.24) is 15.1 Å². The fraction of sp³-hybridized carbons (Fsp3) is 0.600. The number of aryl methyl sites for hydroxylation is 1. The lowest BCUT2D eigenvalue weighted by molar-refractivity contribution is 0.0955. The molecule has 4 heteroatoms. The minimum absolute atomic E-state index is 0.0925. The fourth-order valence-corrected chi connectivity index (χ4v) is 1.22. The third-order valence-corrected chi connectivity index (χ3v) is 2.20. The minimum atomic E-state index is -0.144. The molecule has 0 radical (unpaired) electrons. The van der Waals surface area contributed by atoms with Crippen LogP contribution in [0.4, 0.5) is 0 Å². The molecule has 0 spiro atoms. The number of rotatable bonds is 5. The van der Waals surface area contributed by atoms with Gasteiger partial charge in [0.05, 0.1) is 17.8 Å². The van der Waals surface area contributed by atoms with Crippen LogP contribution in [0.15, 0.2) is 12.4 Å². The first-order valence-corrected chi connectivity index (χ1v) is 4.93. The molecule has 1 atom stereocenters. The van der Waals surface area contributed by atoms with Crippen LogP contribution < -0.4 is 5.32 Å². The first kappa shape index (κ1) is 10.9. The van der Waals surface area contributed by atoms with Crippen molar-refractivity contribution in [3.63, 3.8) is 0 Å². The maximum Gasteiger partial charge on any atom is 0.182 e. The molecule has 0 aromatic carbocycles. The van der Waals surface area contributed by atoms with Gasteiger partial charge in [-0.2, -0.15) is 5.10 Å². The predicted molar refractivity (Wildman–Crippen MR) is 55.4 cm³/mol. The second-order valence-electron chi connectivity index (χ2n) is 3.37. The van der Waals surface area contributed by atoms with Gasteiger partial charge in [0.2, 0.25) is 0 Å². The van der Waals surface area contributed by atoms with Crippen LogP contribution in [0.3, 0.4) is 0 Å². The fourth-order valence-electron chi connectivity index (χ4n) is 1.22. The van der Waals surface area contributed by atoms with E-state index in [4.69, 9.17) is 0 Å². The molecule has 0 aliphatic rings. The Balaban J connectivity index is 2.71. The highest BCUT2D eigenvalue weighted by molar-refractivity contribution is 5.99. The highest BCUT2D eigenvalue weighted by atomic mass is 16.1. The zero-order valence-electron chi connectivity index (χ0n) is 8.95. The van der Waals surface area contributed by atoms with Crippen LogP contribution >= 0.6 is 0 Å². The van der Waals surface area contributed by atoms with E-state index >= 15 is 0 Å². The molecular formula is C10H17N3O. The van der Waals surface area contributed by atoms with Crippen LogP contribution in [0.2, 0.25) is 0 Å². The van der Waals surface area contributed by atoms with Crippen molar-refractivity contribution in [2.45, 2.75) is 32.9 Å². The van der Waals surface area contributed by atoms with E-state index in [1.807, 2.05) is 6.92 Å². The van der Waals surface area contributed by atoms with Crippen LogP contribution in [-0.4, -0.2) is 28.7 Å². The topological polar surface area (TPSA) is 46.9 Å². The van der Waals surface area contributed by atoms with Crippen LogP contribution in [0, 0.1) is 0 Å². The number of likely N-dealkylation sites (N-methyl/N-ethyl adjacent to an activating group) is 1. The number of Topliss-reactive ketones (excluding diaryl/α,β-unsaturated/α-hetero) is 1. The quantitative estimate of drug-likeness (QED) is 0.715. The normalized spacial score (nSPS) is 12.8. The summed E-state index contributed by atoms with van der Waals surface area (Å²) in [5.74, 6) is 0.0925. The van der Waals surface area contributed by atoms with Gasteiger partial charge in [-0.1, -0.05) is 6.92 Å². The van der Waals surface area contributed by atoms with Gasteiger partial charge in [0.25, 0.3) is 0 Å². The Kier molecular flexibility index (Phi) is 3.83. The first-order valence-electron chi connectivity index (χ1n) is 4.93. The molecule has 0 saturated heterocycles. The average Bonchev–Trinajstić information content (AvgIpc) is 2.64. The summed E-state index contributed by atoms with van der Waals surface area (Å²) in [7, 11) is 1.78. The van der Waals surface area contributed by atoms with Gasteiger partial charge in [-0.25, -0.2) is 0 Å². The summed E-state index contributed by atoms with van der Waals surface area (Å²) in [6.45, 7) is 4.79. The van der Waals surface area contributed by atoms with E-state index < -0.39 is 0 Å². The molecule has 0 bridgehead atoms. The van der Waals surface area contributed by atoms with Gasteiger partial charge >= 0.3 is 0 Å². The molecule has 0 fully saturated rings. The van der Waals surface area contributed by atoms with Crippen LogP contribution in [-0.2, 0) is 6.54 Å². The lowest BCUT2D eigenvalue weighted by Crippen LogP contribution is -2.30. The summed E-state index contributed by atoms with van der Waals surface area (Å²) in [4.78, 5) is 11.7. The van der Waals surface area contributed by atoms with Crippen molar-refractivity contribution < 1.29 is 4.79 Å². The average molecular weight is 195 g/mol. The van der Waals surface area contributed by atoms with Gasteiger partial charge in [0.15, 0.2) is 5.78 Å². The van der Waals surface area contributed by atoms with E-state index in [0.29, 0.717) is 5.56 Å². The second kappa shape index (κ2) is 4.91. The largest absolute Gasteiger partial charge is 0.310 e. The lowest BCUT2D eigenvalue weighted by Gasteiger charge is -2.05. The Labute approximate surface area is 84.3 Å². The monoisotopic (exact) mass is 195 g/mol. The van der Waals surface area contributed by atoms with Gasteiger partial charge in [-0.05, 0) is 20.4 Å². The lowest BCUT2D eigenvalue weighted by atomic mass is 10.1. The molecule has 78 valence electrons. The molecule has 1 aromatic rings. The molecule has 0 saturated carbocycles. The van der Waals surface area contributed by atoms with Crippen molar-refractivity contribution in [3.8, 4) is 0 Å². The first-order chi connectivity index (χ1) is 6.69. The molecule has 0 amide bonds. The number of nitrogens with zero attached hydrogens (tertiary/aromatic N) is 2. The SMILES string of the molecule is CCCn1cc(C(=O)C(C)NC)cn1. The molecule has 1 rings (SSSR count). The summed E-state index contributed by atoms with van der Waals surface area (Å²) in [6.07, 6.45) is 4.46. The Morgan fingerprint density at radius 2 is 2.43 bits per heavy atom. The highest BCUT2D eigenvalue weighted by Crippen LogP contribution is 2.03. The van der Waals surface area contributed by atoms with Gasteiger partial charge in [-0.15, -0.1) is 0 Å². The van der Waals surface area contributed by atoms with Crippen molar-refractivity contribution in [2.24, 2.45) is 0 Å². The van der Waals surface area contributed by atoms with Gasteiger partial charge < -0.3 is 5.32 Å². The summed E-state index contributed by atoms with van der Waals surface area (Å²) >= 11 is 0. The highest BCUT2D eigenvalue weighted by Gasteiger charge is 2.14. The van der Waals surface area contributed by atoms with Gasteiger partial charge in [-0.3, -0.25) is 9.48 Å². The number of carbonyl (C=O) groups is 1. The standard InChI is InChI=1S/C10H17N3O/c1-4-5-13-7-9(6-12-13)10(14)8(2)11-3/h6-8,11H,4-5H2,1-3H3. The van der Waals surface area contributed by atoms with E-state index in [1.165, 1.54) is 0 Å². The summed E-state index contributed by atoms with van der Waals surface area (Å²) in [6, 6.07) is -0.144. The van der Waals surface area contributed by atoms with E-state index in [1.54, 1.807) is 24.1 Å². The number of carbonyl (C=O) groups excluding carboxylic acids is 1. The van der Waals surface area contributed by atoms with Crippen molar-refractivity contribution in [1.29, 1.82) is 0 Å². The van der Waals surface area contributed by atoms with E-state index in [2.05, 4.69) is 17.3 Å². The number of hydrogen-bond acceptors (Lipinski definition) is 3. The van der Waals surface area contributed by atoms with E-state index in [-0.39, 0.29) is 11.8 Å². The van der Waals surface area contributed by atoms with Crippen molar-refractivity contribution >= 4 is 5.78 Å². The Hall–Kier alpha value is -1.16. The zero-order chi connectivity index (χ0) is 10.6. The summed E-state index contributed by atoms with van der Waals surface area (Å²) < 4.78 is 1.80. The molecule has 14 heavy (non-hydrogen) atoms. The Morgan fingerprint density at radius 1 is 1.71 bits per heavy atom. The number of ketones is 1. The third kappa shape index (κ3) is 2.42. The van der Waals surface area contributed by atoms with Crippen LogP contribution in [0.1, 0.15) is 30.6 Å². The summed E-state index contributed by atoms with van der Waals surface area (Å²) in [5.41, 5.74) is 0.681. The molecule has 0 aliphatic carbocycles. The molecule has 0 aliphatic heterocycles. The second-order valence-corrected chi connectivity index (χ2v) is 3.37. The van der Waals surface area contributed by atoms with Gasteiger partial charge in [0, 0.05) is 12.7 Å².